The lowest BCUT2D eigenvalue weighted by Gasteiger charge is -2.30. The van der Waals surface area contributed by atoms with Gasteiger partial charge in [0.05, 0.1) is 32.3 Å². The van der Waals surface area contributed by atoms with Crippen molar-refractivity contribution >= 4 is 83.3 Å². The SMILES string of the molecule is CCOC(=O)[C@@]12C[C@H]1/C=C\CCCCC[C@H](N)C(=O)N1C[C@H](OC(=O)N3CCc4ccccc4C3)C[C@H]1C(=O)N2.CCOC(=O)[C@@]12C[C@H]1/C=C\CCCCC[C@H](NC(=O)OC1CCCC1)C(=O)N1C[C@H](OC(=O)N3CCc4ccccc4C3)C[C@H]1C(=O)N2.Cl.O=C(Cl)OC1CCCC1. The van der Waals surface area contributed by atoms with E-state index in [-0.39, 0.29) is 81.5 Å². The summed E-state index contributed by atoms with van der Waals surface area (Å²) in [5.74, 6) is -3.09. The molecular formula is C72H98Cl2N8O16. The molecule has 4 aliphatic carbocycles. The van der Waals surface area contributed by atoms with Crippen molar-refractivity contribution in [3.05, 3.63) is 95.1 Å². The molecule has 0 bridgehead atoms. The Bertz CT molecular complexity index is 3230. The van der Waals surface area contributed by atoms with Gasteiger partial charge in [0, 0.05) is 62.5 Å². The number of nitrogens with zero attached hydrogens (tertiary/aromatic N) is 4. The largest absolute Gasteiger partial charge is 0.464 e. The number of rotatable bonds is 9. The second kappa shape index (κ2) is 35.1. The van der Waals surface area contributed by atoms with Gasteiger partial charge in [-0.3, -0.25) is 19.2 Å². The molecule has 2 aromatic carbocycles. The van der Waals surface area contributed by atoms with E-state index in [9.17, 15) is 47.9 Å². The first kappa shape index (κ1) is 74.8. The Balaban J connectivity index is 0.000000203. The smallest absolute Gasteiger partial charge is 0.410 e. The van der Waals surface area contributed by atoms with Crippen molar-refractivity contribution in [2.45, 2.75) is 241 Å². The number of benzene rings is 2. The third-order valence-electron chi connectivity index (χ3n) is 20.5. The van der Waals surface area contributed by atoms with Crippen molar-refractivity contribution in [3.8, 4) is 0 Å². The average Bonchev–Trinajstić information content (AvgIpc) is 1.59. The minimum Gasteiger partial charge on any atom is -0.464 e. The number of allylic oxidation sites excluding steroid dienone is 2. The summed E-state index contributed by atoms with van der Waals surface area (Å²) in [7, 11) is 0. The maximum absolute atomic E-state index is 14.3. The highest BCUT2D eigenvalue weighted by Crippen LogP contribution is 2.48. The van der Waals surface area contributed by atoms with Gasteiger partial charge >= 0.3 is 35.6 Å². The van der Waals surface area contributed by atoms with Gasteiger partial charge in [0.1, 0.15) is 53.6 Å². The molecule has 6 aliphatic heterocycles. The molecule has 536 valence electrons. The molecule has 0 unspecified atom stereocenters. The number of carbonyl (C=O) groups is 10. The van der Waals surface area contributed by atoms with Crippen LogP contribution < -0.4 is 21.7 Å². The summed E-state index contributed by atoms with van der Waals surface area (Å²) in [6, 6.07) is 12.4. The van der Waals surface area contributed by atoms with E-state index in [2.05, 4.69) is 34.2 Å². The van der Waals surface area contributed by atoms with E-state index in [1.165, 1.54) is 20.9 Å². The van der Waals surface area contributed by atoms with Crippen LogP contribution in [0, 0.1) is 11.8 Å². The predicted octanol–water partition coefficient (Wildman–Crippen LogP) is 9.31. The zero-order chi connectivity index (χ0) is 68.6. The maximum Gasteiger partial charge on any atom is 0.410 e. The number of ether oxygens (including phenoxy) is 6. The summed E-state index contributed by atoms with van der Waals surface area (Å²) >= 11 is 5.00. The van der Waals surface area contributed by atoms with E-state index in [1.54, 1.807) is 23.6 Å². The molecule has 6 heterocycles. The Kier molecular flexibility index (Phi) is 26.7. The molecule has 24 nitrogen and oxygen atoms in total. The summed E-state index contributed by atoms with van der Waals surface area (Å²) < 4.78 is 32.9. The van der Waals surface area contributed by atoms with Crippen LogP contribution in [0.25, 0.3) is 0 Å². The number of alkyl carbamates (subject to hydrolysis) is 1. The first-order chi connectivity index (χ1) is 46.9. The number of amides is 7. The Morgan fingerprint density at radius 3 is 1.44 bits per heavy atom. The Morgan fingerprint density at radius 1 is 0.551 bits per heavy atom. The molecule has 10 aliphatic rings. The zero-order valence-corrected chi connectivity index (χ0v) is 58.1. The molecule has 2 saturated heterocycles. The molecule has 2 aromatic rings. The van der Waals surface area contributed by atoms with Crippen molar-refractivity contribution in [1.82, 2.24) is 35.6 Å². The topological polar surface area (TPSA) is 301 Å². The van der Waals surface area contributed by atoms with Crippen LogP contribution in [0.1, 0.15) is 177 Å². The third kappa shape index (κ3) is 19.1. The van der Waals surface area contributed by atoms with Gasteiger partial charge in [-0.25, -0.2) is 28.8 Å². The van der Waals surface area contributed by atoms with Gasteiger partial charge in [-0.05, 0) is 152 Å². The number of fused-ring (bicyclic) bond motifs is 6. The van der Waals surface area contributed by atoms with Gasteiger partial charge < -0.3 is 69.7 Å². The van der Waals surface area contributed by atoms with Gasteiger partial charge in [0.25, 0.3) is 0 Å². The lowest BCUT2D eigenvalue weighted by atomic mass is 10.0. The fraction of sp³-hybridized carbons (Fsp3) is 0.639. The van der Waals surface area contributed by atoms with Crippen LogP contribution in [0.2, 0.25) is 0 Å². The number of hydrogen-bond acceptors (Lipinski definition) is 17. The fourth-order valence-corrected chi connectivity index (χ4v) is 15.0. The summed E-state index contributed by atoms with van der Waals surface area (Å²) in [4.78, 5) is 137. The highest BCUT2D eigenvalue weighted by atomic mass is 35.5. The van der Waals surface area contributed by atoms with Gasteiger partial charge in [-0.1, -0.05) is 98.5 Å². The summed E-state index contributed by atoms with van der Waals surface area (Å²) in [5, 5.41) is 8.67. The molecule has 12 rings (SSSR count). The third-order valence-corrected chi connectivity index (χ3v) is 20.6. The monoisotopic (exact) mass is 1400 g/mol. The standard InChI is InChI=1S/C36H48N4O8.C30H40N4O6.C6H9ClO2.ClH/c1-2-46-33(43)36-21-26(36)14-6-4-3-5-7-17-29(37-34(44)47-27-15-10-11-16-27)32(42)40-23-28(20-30(40)31(41)38-36)48-35(45)39-19-18-24-12-8-9-13-25(24)22-39;1-2-39-28(37)30-17-22(30)12-6-4-3-5-7-13-24(31)27(36)34-19-23(16-25(34)26(35)32-30)40-29(38)33-15-14-20-10-8-9-11-21(20)18-33;7-6(8)9-5-3-1-2-4-5;/h6,8-9,12-14,26-30H,2-5,7,10-11,15-23H2,1H3,(H,37,44)(H,38,41);6,8-12,22-25H,2-5,7,13-19,31H2,1H3,(H,32,35);5H,1-4H2;1H/b14-6-;12-6-;;/t26-,28-,29+,30+,36-;22-,23-,24+,25+,30-;;/m11../s1. The van der Waals surface area contributed by atoms with Crippen molar-refractivity contribution in [3.63, 3.8) is 0 Å². The van der Waals surface area contributed by atoms with E-state index in [0.717, 1.165) is 114 Å². The Labute approximate surface area is 585 Å². The maximum atomic E-state index is 14.3. The minimum atomic E-state index is -1.21. The number of nitrogens with two attached hydrogens (primary N) is 1. The zero-order valence-electron chi connectivity index (χ0n) is 56.5. The first-order valence-corrected chi connectivity index (χ1v) is 35.8. The van der Waals surface area contributed by atoms with Crippen LogP contribution in [0.4, 0.5) is 19.2 Å². The van der Waals surface area contributed by atoms with Gasteiger partial charge in [-0.2, -0.15) is 0 Å². The molecule has 7 amide bonds. The van der Waals surface area contributed by atoms with E-state index in [4.69, 9.17) is 45.8 Å². The Hall–Kier alpha value is -7.44. The molecule has 10 atom stereocenters. The molecular weight excluding hydrogens is 1300 g/mol. The highest BCUT2D eigenvalue weighted by Gasteiger charge is 2.63. The summed E-state index contributed by atoms with van der Waals surface area (Å²) in [6.45, 7) is 5.80. The van der Waals surface area contributed by atoms with Crippen molar-refractivity contribution in [2.24, 2.45) is 17.6 Å². The predicted molar refractivity (Wildman–Crippen MR) is 363 cm³/mol. The molecule has 0 radical (unpaired) electrons. The lowest BCUT2D eigenvalue weighted by molar-refractivity contribution is -0.150. The number of esters is 2. The second-order valence-electron chi connectivity index (χ2n) is 27.4. The van der Waals surface area contributed by atoms with Crippen molar-refractivity contribution < 1.29 is 76.4 Å². The molecule has 6 fully saturated rings. The van der Waals surface area contributed by atoms with Crippen LogP contribution >= 0.6 is 24.0 Å². The van der Waals surface area contributed by atoms with E-state index in [0.29, 0.717) is 64.7 Å². The van der Waals surface area contributed by atoms with Crippen molar-refractivity contribution in [1.29, 1.82) is 0 Å². The average molecular weight is 1400 g/mol. The van der Waals surface area contributed by atoms with Crippen LogP contribution in [0.3, 0.4) is 0 Å². The molecule has 4 saturated carbocycles. The quantitative estimate of drug-likeness (QED) is 0.0786. The Morgan fingerprint density at radius 2 is 0.980 bits per heavy atom. The van der Waals surface area contributed by atoms with E-state index < -0.39 is 101 Å². The number of nitrogens with one attached hydrogen (secondary N) is 3. The molecule has 0 aromatic heterocycles. The summed E-state index contributed by atoms with van der Waals surface area (Å²) in [6.07, 6.45) is 23.0. The normalized spacial score (nSPS) is 29.4. The lowest BCUT2D eigenvalue weighted by Crippen LogP contribution is -2.56. The van der Waals surface area contributed by atoms with Crippen LogP contribution in [0.5, 0.6) is 0 Å². The van der Waals surface area contributed by atoms with Crippen LogP contribution in [-0.2, 0) is 83.1 Å². The number of carbonyl (C=O) groups excluding carboxylic acids is 10. The molecule has 0 spiro atoms. The minimum absolute atomic E-state index is 0. The highest BCUT2D eigenvalue weighted by molar-refractivity contribution is 6.61. The van der Waals surface area contributed by atoms with Crippen molar-refractivity contribution in [2.75, 3.05) is 39.4 Å². The van der Waals surface area contributed by atoms with E-state index >= 15 is 0 Å². The molecule has 5 N–H and O–H groups in total. The molecule has 98 heavy (non-hydrogen) atoms. The number of hydrogen-bond donors (Lipinski definition) is 4. The molecule has 26 heteroatoms. The van der Waals surface area contributed by atoms with Gasteiger partial charge in [-0.15, -0.1) is 12.4 Å². The number of halogens is 2. The fourth-order valence-electron chi connectivity index (χ4n) is 14.9. The van der Waals surface area contributed by atoms with Gasteiger partial charge in [0.15, 0.2) is 0 Å². The van der Waals surface area contributed by atoms with E-state index in [1.807, 2.05) is 54.6 Å². The van der Waals surface area contributed by atoms with Crippen LogP contribution in [0.15, 0.2) is 72.8 Å². The first-order valence-electron chi connectivity index (χ1n) is 35.4. The summed E-state index contributed by atoms with van der Waals surface area (Å²) in [5.41, 5.74) is 7.84. The van der Waals surface area contributed by atoms with Gasteiger partial charge in [0.2, 0.25) is 23.6 Å². The van der Waals surface area contributed by atoms with Crippen LogP contribution in [-0.4, -0.2) is 178 Å². The second-order valence-corrected chi connectivity index (χ2v) is 27.7.